The van der Waals surface area contributed by atoms with Crippen LogP contribution in [0, 0.1) is 0 Å². The molecule has 1 fully saturated rings. The van der Waals surface area contributed by atoms with Gasteiger partial charge in [0.15, 0.2) is 0 Å². The molecule has 82 valence electrons. The van der Waals surface area contributed by atoms with Crippen LogP contribution >= 0.6 is 0 Å². The molecular formula is C11H18N4. The number of aromatic nitrogens is 1. The lowest BCUT2D eigenvalue weighted by Crippen LogP contribution is -2.46. The normalized spacial score (nSPS) is 20.1. The Balaban J connectivity index is 1.88. The van der Waals surface area contributed by atoms with Gasteiger partial charge in [-0.3, -0.25) is 9.88 Å². The smallest absolute Gasteiger partial charge is 0.0599 e. The Morgan fingerprint density at radius 2 is 2.20 bits per heavy atom. The summed E-state index contributed by atoms with van der Waals surface area (Å²) in [5.74, 6) is 0. The van der Waals surface area contributed by atoms with Crippen molar-refractivity contribution in [3.05, 3.63) is 30.1 Å². The second-order valence-electron chi connectivity index (χ2n) is 3.91. The van der Waals surface area contributed by atoms with E-state index in [1.54, 1.807) is 6.20 Å². The summed E-state index contributed by atoms with van der Waals surface area (Å²) in [6.07, 6.45) is 1.80. The fraction of sp³-hybridized carbons (Fsp3) is 0.545. The summed E-state index contributed by atoms with van der Waals surface area (Å²) in [7, 11) is 0. The molecule has 1 aromatic rings. The van der Waals surface area contributed by atoms with Crippen LogP contribution in [0.15, 0.2) is 24.4 Å². The van der Waals surface area contributed by atoms with E-state index >= 15 is 0 Å². The van der Waals surface area contributed by atoms with Gasteiger partial charge in [-0.15, -0.1) is 0 Å². The zero-order valence-electron chi connectivity index (χ0n) is 8.89. The molecule has 1 unspecified atom stereocenters. The number of hydrogen-bond donors (Lipinski definition) is 2. The second kappa shape index (κ2) is 5.21. The maximum absolute atomic E-state index is 6.10. The Labute approximate surface area is 90.5 Å². The summed E-state index contributed by atoms with van der Waals surface area (Å²) < 4.78 is 0. The van der Waals surface area contributed by atoms with E-state index in [0.717, 1.165) is 38.4 Å². The van der Waals surface area contributed by atoms with Crippen LogP contribution in [-0.4, -0.2) is 42.6 Å². The average molecular weight is 206 g/mol. The number of nitrogens with one attached hydrogen (secondary N) is 1. The molecule has 2 rings (SSSR count). The van der Waals surface area contributed by atoms with Gasteiger partial charge >= 0.3 is 0 Å². The van der Waals surface area contributed by atoms with Crippen molar-refractivity contribution in [3.8, 4) is 0 Å². The Morgan fingerprint density at radius 3 is 2.87 bits per heavy atom. The largest absolute Gasteiger partial charge is 0.322 e. The van der Waals surface area contributed by atoms with Crippen LogP contribution in [0.1, 0.15) is 11.7 Å². The molecule has 0 saturated carbocycles. The van der Waals surface area contributed by atoms with Crippen LogP contribution < -0.4 is 11.1 Å². The maximum atomic E-state index is 6.10. The topological polar surface area (TPSA) is 54.2 Å². The first kappa shape index (κ1) is 10.5. The summed E-state index contributed by atoms with van der Waals surface area (Å²) in [6, 6.07) is 5.93. The van der Waals surface area contributed by atoms with Crippen LogP contribution in [0.5, 0.6) is 0 Å². The van der Waals surface area contributed by atoms with Gasteiger partial charge in [0.05, 0.1) is 11.7 Å². The number of nitrogens with two attached hydrogens (primary N) is 1. The van der Waals surface area contributed by atoms with Crippen LogP contribution in [0.2, 0.25) is 0 Å². The van der Waals surface area contributed by atoms with Gasteiger partial charge in [0.1, 0.15) is 0 Å². The van der Waals surface area contributed by atoms with E-state index < -0.39 is 0 Å². The number of hydrogen-bond acceptors (Lipinski definition) is 4. The molecule has 2 heterocycles. The molecule has 4 nitrogen and oxygen atoms in total. The predicted molar refractivity (Wildman–Crippen MR) is 60.5 cm³/mol. The highest BCUT2D eigenvalue weighted by atomic mass is 15.2. The first-order valence-electron chi connectivity index (χ1n) is 5.46. The molecule has 0 spiro atoms. The van der Waals surface area contributed by atoms with Crippen molar-refractivity contribution >= 4 is 0 Å². The fourth-order valence-electron chi connectivity index (χ4n) is 1.86. The van der Waals surface area contributed by atoms with Crippen molar-refractivity contribution in [3.63, 3.8) is 0 Å². The molecule has 1 aliphatic heterocycles. The molecule has 1 aliphatic rings. The minimum absolute atomic E-state index is 0.0318. The van der Waals surface area contributed by atoms with Crippen LogP contribution in [-0.2, 0) is 0 Å². The Morgan fingerprint density at radius 1 is 1.40 bits per heavy atom. The molecule has 1 saturated heterocycles. The van der Waals surface area contributed by atoms with Gasteiger partial charge in [0, 0.05) is 38.9 Å². The predicted octanol–water partition coefficient (Wildman–Crippen LogP) is -0.0134. The molecule has 0 aliphatic carbocycles. The Bertz CT molecular complexity index is 282. The second-order valence-corrected chi connectivity index (χ2v) is 3.91. The third kappa shape index (κ3) is 2.99. The number of piperazine rings is 1. The highest BCUT2D eigenvalue weighted by molar-refractivity contribution is 5.08. The van der Waals surface area contributed by atoms with E-state index in [4.69, 9.17) is 5.73 Å². The minimum atomic E-state index is 0.0318. The molecule has 1 atom stereocenters. The number of nitrogens with zero attached hydrogens (tertiary/aromatic N) is 2. The van der Waals surface area contributed by atoms with Crippen molar-refractivity contribution in [2.24, 2.45) is 5.73 Å². The zero-order chi connectivity index (χ0) is 10.5. The van der Waals surface area contributed by atoms with Crippen molar-refractivity contribution in [1.82, 2.24) is 15.2 Å². The van der Waals surface area contributed by atoms with Gasteiger partial charge in [-0.1, -0.05) is 6.07 Å². The molecule has 0 radical (unpaired) electrons. The van der Waals surface area contributed by atoms with E-state index in [-0.39, 0.29) is 6.04 Å². The first-order valence-corrected chi connectivity index (χ1v) is 5.46. The van der Waals surface area contributed by atoms with Gasteiger partial charge in [-0.2, -0.15) is 0 Å². The summed E-state index contributed by atoms with van der Waals surface area (Å²) >= 11 is 0. The third-order valence-corrected chi connectivity index (χ3v) is 2.73. The fourth-order valence-corrected chi connectivity index (χ4v) is 1.86. The van der Waals surface area contributed by atoms with Crippen LogP contribution in [0.3, 0.4) is 0 Å². The third-order valence-electron chi connectivity index (χ3n) is 2.73. The molecule has 3 N–H and O–H groups in total. The van der Waals surface area contributed by atoms with Crippen LogP contribution in [0.4, 0.5) is 0 Å². The molecule has 15 heavy (non-hydrogen) atoms. The van der Waals surface area contributed by atoms with Gasteiger partial charge in [-0.25, -0.2) is 0 Å². The highest BCUT2D eigenvalue weighted by Gasteiger charge is 2.14. The first-order chi connectivity index (χ1) is 7.36. The van der Waals surface area contributed by atoms with Crippen LogP contribution in [0.25, 0.3) is 0 Å². The quantitative estimate of drug-likeness (QED) is 0.730. The van der Waals surface area contributed by atoms with E-state index in [9.17, 15) is 0 Å². The zero-order valence-corrected chi connectivity index (χ0v) is 8.89. The average Bonchev–Trinajstić information content (AvgIpc) is 2.31. The van der Waals surface area contributed by atoms with E-state index in [1.807, 2.05) is 18.2 Å². The standard InChI is InChI=1S/C11H18N4/c12-10(11-3-1-2-4-14-11)9-15-7-5-13-6-8-15/h1-4,10,13H,5-9,12H2. The van der Waals surface area contributed by atoms with Crippen molar-refractivity contribution in [2.75, 3.05) is 32.7 Å². The summed E-state index contributed by atoms with van der Waals surface area (Å²) in [4.78, 5) is 6.66. The highest BCUT2D eigenvalue weighted by Crippen LogP contribution is 2.08. The van der Waals surface area contributed by atoms with E-state index in [2.05, 4.69) is 15.2 Å². The molecular weight excluding hydrogens is 188 g/mol. The minimum Gasteiger partial charge on any atom is -0.322 e. The Hall–Kier alpha value is -0.970. The van der Waals surface area contributed by atoms with Crippen molar-refractivity contribution < 1.29 is 0 Å². The van der Waals surface area contributed by atoms with Crippen molar-refractivity contribution in [2.45, 2.75) is 6.04 Å². The van der Waals surface area contributed by atoms with Gasteiger partial charge < -0.3 is 11.1 Å². The molecule has 4 heteroatoms. The SMILES string of the molecule is NC(CN1CCNCC1)c1ccccn1. The summed E-state index contributed by atoms with van der Waals surface area (Å²) in [5.41, 5.74) is 7.08. The number of pyridine rings is 1. The maximum Gasteiger partial charge on any atom is 0.0599 e. The Kier molecular flexibility index (Phi) is 3.66. The lowest BCUT2D eigenvalue weighted by Gasteiger charge is -2.29. The molecule has 0 amide bonds. The lowest BCUT2D eigenvalue weighted by atomic mass is 10.2. The van der Waals surface area contributed by atoms with E-state index in [0.29, 0.717) is 0 Å². The molecule has 1 aromatic heterocycles. The van der Waals surface area contributed by atoms with Crippen molar-refractivity contribution in [1.29, 1.82) is 0 Å². The van der Waals surface area contributed by atoms with E-state index in [1.165, 1.54) is 0 Å². The van der Waals surface area contributed by atoms with Gasteiger partial charge in [0.2, 0.25) is 0 Å². The van der Waals surface area contributed by atoms with Gasteiger partial charge in [0.25, 0.3) is 0 Å². The summed E-state index contributed by atoms with van der Waals surface area (Å²) in [5, 5.41) is 3.33. The van der Waals surface area contributed by atoms with Gasteiger partial charge in [-0.05, 0) is 12.1 Å². The monoisotopic (exact) mass is 206 g/mol. The molecule has 0 aromatic carbocycles. The molecule has 0 bridgehead atoms. The summed E-state index contributed by atoms with van der Waals surface area (Å²) in [6.45, 7) is 5.20. The number of rotatable bonds is 3. The lowest BCUT2D eigenvalue weighted by molar-refractivity contribution is 0.227.